The van der Waals surface area contributed by atoms with Gasteiger partial charge in [-0.1, -0.05) is 0 Å². The number of non-ortho nitro benzene ring substituents is 1. The van der Waals surface area contributed by atoms with Crippen molar-refractivity contribution in [3.05, 3.63) is 50.1 Å². The number of hydrogen-bond acceptors (Lipinski definition) is 5. The summed E-state index contributed by atoms with van der Waals surface area (Å²) in [4.78, 5) is 21.4. The molecule has 1 aromatic carbocycles. The van der Waals surface area contributed by atoms with Gasteiger partial charge in [0.1, 0.15) is 23.7 Å². The molecule has 2 rings (SSSR count). The van der Waals surface area contributed by atoms with Crippen LogP contribution in [0.3, 0.4) is 0 Å². The first-order chi connectivity index (χ1) is 8.04. The van der Waals surface area contributed by atoms with Crippen molar-refractivity contribution in [2.75, 3.05) is 0 Å². The maximum Gasteiger partial charge on any atom is 0.315 e. The molecule has 0 aliphatic heterocycles. The Labute approximate surface area is 92.7 Å². The molecule has 1 heterocycles. The van der Waals surface area contributed by atoms with Gasteiger partial charge < -0.3 is 4.42 Å². The van der Waals surface area contributed by atoms with Crippen LogP contribution in [0.5, 0.6) is 0 Å². The number of nitro groups is 1. The maximum absolute atomic E-state index is 13.1. The SMILES string of the molecule is N#Cc1coc2c([N+](=O)[O-])cc(F)cc2c1=O. The van der Waals surface area contributed by atoms with E-state index >= 15 is 0 Å². The van der Waals surface area contributed by atoms with Crippen LogP contribution in [0.1, 0.15) is 5.56 Å². The molecule has 1 aromatic heterocycles. The Morgan fingerprint density at radius 1 is 1.47 bits per heavy atom. The molecule has 0 bridgehead atoms. The van der Waals surface area contributed by atoms with Crippen LogP contribution in [0, 0.1) is 27.3 Å². The monoisotopic (exact) mass is 234 g/mol. The third-order valence-corrected chi connectivity index (χ3v) is 2.14. The Morgan fingerprint density at radius 2 is 2.18 bits per heavy atom. The fourth-order valence-corrected chi connectivity index (χ4v) is 1.40. The van der Waals surface area contributed by atoms with Gasteiger partial charge in [-0.2, -0.15) is 5.26 Å². The first kappa shape index (κ1) is 10.8. The molecule has 0 unspecified atom stereocenters. The molecule has 7 heteroatoms. The summed E-state index contributed by atoms with van der Waals surface area (Å²) >= 11 is 0. The lowest BCUT2D eigenvalue weighted by atomic mass is 10.1. The zero-order valence-electron chi connectivity index (χ0n) is 8.14. The van der Waals surface area contributed by atoms with Crippen LogP contribution in [0.2, 0.25) is 0 Å². The number of benzene rings is 1. The fraction of sp³-hybridized carbons (Fsp3) is 0. The van der Waals surface area contributed by atoms with Crippen LogP contribution in [-0.2, 0) is 0 Å². The van der Waals surface area contributed by atoms with Crippen LogP contribution >= 0.6 is 0 Å². The van der Waals surface area contributed by atoms with Crippen molar-refractivity contribution in [2.45, 2.75) is 0 Å². The first-order valence-electron chi connectivity index (χ1n) is 4.34. The van der Waals surface area contributed by atoms with Gasteiger partial charge in [-0.3, -0.25) is 14.9 Å². The van der Waals surface area contributed by atoms with Crippen molar-refractivity contribution in [1.29, 1.82) is 5.26 Å². The number of nitro benzene ring substituents is 1. The molecule has 0 amide bonds. The zero-order valence-corrected chi connectivity index (χ0v) is 8.14. The lowest BCUT2D eigenvalue weighted by molar-refractivity contribution is -0.383. The molecule has 0 fully saturated rings. The van der Waals surface area contributed by atoms with Crippen LogP contribution in [0.15, 0.2) is 27.6 Å². The Kier molecular flexibility index (Phi) is 2.33. The molecule has 0 atom stereocenters. The minimum absolute atomic E-state index is 0.323. The summed E-state index contributed by atoms with van der Waals surface area (Å²) in [5, 5.41) is 18.9. The van der Waals surface area contributed by atoms with Gasteiger partial charge in [-0.15, -0.1) is 0 Å². The second-order valence-electron chi connectivity index (χ2n) is 3.15. The first-order valence-corrected chi connectivity index (χ1v) is 4.34. The van der Waals surface area contributed by atoms with Gasteiger partial charge in [-0.25, -0.2) is 4.39 Å². The topological polar surface area (TPSA) is 97.1 Å². The van der Waals surface area contributed by atoms with Crippen LogP contribution < -0.4 is 5.43 Å². The van der Waals surface area contributed by atoms with E-state index in [0.717, 1.165) is 12.3 Å². The number of fused-ring (bicyclic) bond motifs is 1. The van der Waals surface area contributed by atoms with Gasteiger partial charge in [0.2, 0.25) is 11.0 Å². The number of nitrogens with zero attached hydrogens (tertiary/aromatic N) is 2. The minimum Gasteiger partial charge on any atom is -0.455 e. The van der Waals surface area contributed by atoms with Crippen molar-refractivity contribution in [3.63, 3.8) is 0 Å². The highest BCUT2D eigenvalue weighted by Crippen LogP contribution is 2.25. The Morgan fingerprint density at radius 3 is 2.76 bits per heavy atom. The summed E-state index contributed by atoms with van der Waals surface area (Å²) < 4.78 is 17.9. The van der Waals surface area contributed by atoms with Crippen LogP contribution in [0.25, 0.3) is 11.0 Å². The summed E-state index contributed by atoms with van der Waals surface area (Å²) in [6.45, 7) is 0. The molecule has 0 saturated carbocycles. The predicted octanol–water partition coefficient (Wildman–Crippen LogP) is 1.71. The second-order valence-corrected chi connectivity index (χ2v) is 3.15. The Balaban J connectivity index is 3.00. The van der Waals surface area contributed by atoms with Crippen molar-refractivity contribution in [3.8, 4) is 6.07 Å². The van der Waals surface area contributed by atoms with Crippen molar-refractivity contribution < 1.29 is 13.7 Å². The molecule has 0 N–H and O–H groups in total. The molecule has 0 radical (unpaired) electrons. The summed E-state index contributed by atoms with van der Waals surface area (Å²) in [6, 6.07) is 3.01. The maximum atomic E-state index is 13.1. The van der Waals surface area contributed by atoms with Gasteiger partial charge in [0.15, 0.2) is 0 Å². The third kappa shape index (κ3) is 1.61. The molecular formula is C10H3FN2O4. The fourth-order valence-electron chi connectivity index (χ4n) is 1.40. The number of rotatable bonds is 1. The summed E-state index contributed by atoms with van der Waals surface area (Å²) in [6.07, 6.45) is 0.815. The second kappa shape index (κ2) is 3.68. The molecule has 0 aliphatic rings. The molecule has 0 spiro atoms. The summed E-state index contributed by atoms with van der Waals surface area (Å²) in [7, 11) is 0. The predicted molar refractivity (Wildman–Crippen MR) is 53.8 cm³/mol. The van der Waals surface area contributed by atoms with Gasteiger partial charge in [0, 0.05) is 0 Å². The Bertz CT molecular complexity index is 729. The van der Waals surface area contributed by atoms with Crippen LogP contribution in [0.4, 0.5) is 10.1 Å². The highest BCUT2D eigenvalue weighted by molar-refractivity contribution is 5.85. The molecule has 17 heavy (non-hydrogen) atoms. The highest BCUT2D eigenvalue weighted by Gasteiger charge is 2.19. The van der Waals surface area contributed by atoms with E-state index < -0.39 is 21.9 Å². The third-order valence-electron chi connectivity index (χ3n) is 2.14. The standard InChI is InChI=1S/C10H3FN2O4/c11-6-1-7-9(14)5(3-12)4-17-10(7)8(2-6)13(15)16/h1-2,4H. The van der Waals surface area contributed by atoms with Gasteiger partial charge >= 0.3 is 5.69 Å². The molecule has 84 valence electrons. The van der Waals surface area contributed by atoms with Gasteiger partial charge in [0.25, 0.3) is 0 Å². The van der Waals surface area contributed by atoms with Crippen LogP contribution in [-0.4, -0.2) is 4.92 Å². The average Bonchev–Trinajstić information content (AvgIpc) is 2.29. The quantitative estimate of drug-likeness (QED) is 0.552. The largest absolute Gasteiger partial charge is 0.455 e. The average molecular weight is 234 g/mol. The van der Waals surface area contributed by atoms with Crippen molar-refractivity contribution in [2.24, 2.45) is 0 Å². The summed E-state index contributed by atoms with van der Waals surface area (Å²) in [5.74, 6) is -0.938. The van der Waals surface area contributed by atoms with E-state index in [1.807, 2.05) is 0 Å². The van der Waals surface area contributed by atoms with E-state index in [2.05, 4.69) is 0 Å². The lowest BCUT2D eigenvalue weighted by Crippen LogP contribution is -2.07. The van der Waals surface area contributed by atoms with E-state index in [1.54, 1.807) is 6.07 Å². The smallest absolute Gasteiger partial charge is 0.315 e. The van der Waals surface area contributed by atoms with E-state index in [9.17, 15) is 19.3 Å². The van der Waals surface area contributed by atoms with E-state index in [0.29, 0.717) is 6.07 Å². The molecular weight excluding hydrogens is 231 g/mol. The van der Waals surface area contributed by atoms with Gasteiger partial charge in [0.05, 0.1) is 16.4 Å². The number of halogens is 1. The highest BCUT2D eigenvalue weighted by atomic mass is 19.1. The molecule has 0 saturated heterocycles. The van der Waals surface area contributed by atoms with E-state index in [-0.39, 0.29) is 16.5 Å². The Hall–Kier alpha value is -2.75. The molecule has 0 aliphatic carbocycles. The number of nitriles is 1. The van der Waals surface area contributed by atoms with Gasteiger partial charge in [-0.05, 0) is 6.07 Å². The molecule has 2 aromatic rings. The number of hydrogen-bond donors (Lipinski definition) is 0. The van der Waals surface area contributed by atoms with E-state index in [4.69, 9.17) is 9.68 Å². The van der Waals surface area contributed by atoms with E-state index in [1.165, 1.54) is 0 Å². The normalized spacial score (nSPS) is 10.1. The summed E-state index contributed by atoms with van der Waals surface area (Å²) in [5.41, 5.74) is -2.13. The van der Waals surface area contributed by atoms with Crippen molar-refractivity contribution in [1.82, 2.24) is 0 Å². The lowest BCUT2D eigenvalue weighted by Gasteiger charge is -1.98. The minimum atomic E-state index is -0.938. The zero-order chi connectivity index (χ0) is 12.6. The van der Waals surface area contributed by atoms with Crippen molar-refractivity contribution >= 4 is 16.7 Å². The molecule has 6 nitrogen and oxygen atoms in total.